The van der Waals surface area contributed by atoms with Crippen LogP contribution in [0.25, 0.3) is 16.2 Å². The van der Waals surface area contributed by atoms with Gasteiger partial charge in [0.15, 0.2) is 0 Å². The van der Waals surface area contributed by atoms with Crippen LogP contribution < -0.4 is 15.4 Å². The molecular weight excluding hydrogens is 470 g/mol. The number of halogens is 1. The Balaban J connectivity index is 1.49. The molecular formula is C25H26ClN5O2S. The first-order valence-corrected chi connectivity index (χ1v) is 12.4. The number of carbonyl (C=O) groups is 1. The summed E-state index contributed by atoms with van der Waals surface area (Å²) in [4.78, 5) is 22.7. The van der Waals surface area contributed by atoms with Crippen molar-refractivity contribution in [2.24, 2.45) is 5.73 Å². The number of piperazine rings is 1. The van der Waals surface area contributed by atoms with Crippen LogP contribution in [0.3, 0.4) is 0 Å². The second-order valence-electron chi connectivity index (χ2n) is 8.50. The van der Waals surface area contributed by atoms with E-state index in [1.165, 1.54) is 11.3 Å². The number of likely N-dealkylation sites (N-methyl/N-ethyl adjacent to an activating group) is 1. The van der Waals surface area contributed by atoms with Gasteiger partial charge in [0.1, 0.15) is 22.4 Å². The van der Waals surface area contributed by atoms with Crippen molar-refractivity contribution in [3.05, 3.63) is 70.3 Å². The first-order chi connectivity index (χ1) is 16.4. The van der Waals surface area contributed by atoms with E-state index >= 15 is 0 Å². The molecule has 5 rings (SSSR count). The van der Waals surface area contributed by atoms with Crippen molar-refractivity contribution in [3.63, 3.8) is 0 Å². The molecule has 1 saturated heterocycles. The highest BCUT2D eigenvalue weighted by atomic mass is 35.5. The number of aromatic nitrogens is 2. The van der Waals surface area contributed by atoms with Gasteiger partial charge in [-0.2, -0.15) is 0 Å². The van der Waals surface area contributed by atoms with Crippen molar-refractivity contribution in [2.45, 2.75) is 13.0 Å². The van der Waals surface area contributed by atoms with E-state index in [-0.39, 0.29) is 6.10 Å². The van der Waals surface area contributed by atoms with Gasteiger partial charge >= 0.3 is 0 Å². The highest BCUT2D eigenvalue weighted by molar-refractivity contribution is 7.17. The monoisotopic (exact) mass is 495 g/mol. The molecule has 1 aromatic carbocycles. The van der Waals surface area contributed by atoms with Crippen molar-refractivity contribution < 1.29 is 9.53 Å². The summed E-state index contributed by atoms with van der Waals surface area (Å²) >= 11 is 7.65. The normalized spacial score (nSPS) is 15.6. The van der Waals surface area contributed by atoms with E-state index < -0.39 is 5.91 Å². The highest BCUT2D eigenvalue weighted by Crippen LogP contribution is 2.39. The van der Waals surface area contributed by atoms with Crippen LogP contribution in [0.4, 0.5) is 5.69 Å². The van der Waals surface area contributed by atoms with Crippen LogP contribution in [0.1, 0.15) is 28.3 Å². The summed E-state index contributed by atoms with van der Waals surface area (Å²) in [5.41, 5.74) is 9.43. The molecule has 0 spiro atoms. The Morgan fingerprint density at radius 2 is 1.94 bits per heavy atom. The van der Waals surface area contributed by atoms with E-state index in [1.54, 1.807) is 0 Å². The molecule has 4 heterocycles. The van der Waals surface area contributed by atoms with Gasteiger partial charge in [-0.25, -0.2) is 4.98 Å². The van der Waals surface area contributed by atoms with E-state index in [0.29, 0.717) is 15.6 Å². The molecule has 1 aliphatic rings. The molecule has 3 aromatic heterocycles. The predicted molar refractivity (Wildman–Crippen MR) is 137 cm³/mol. The van der Waals surface area contributed by atoms with E-state index in [9.17, 15) is 4.79 Å². The number of amides is 1. The lowest BCUT2D eigenvalue weighted by Crippen LogP contribution is -2.44. The van der Waals surface area contributed by atoms with E-state index in [1.807, 2.05) is 49.5 Å². The summed E-state index contributed by atoms with van der Waals surface area (Å²) in [6.45, 7) is 5.93. The predicted octanol–water partition coefficient (Wildman–Crippen LogP) is 4.71. The number of pyridine rings is 1. The topological polar surface area (TPSA) is 76.1 Å². The van der Waals surface area contributed by atoms with Gasteiger partial charge in [-0.05, 0) is 32.2 Å². The number of hydrogen-bond acceptors (Lipinski definition) is 6. The van der Waals surface area contributed by atoms with Crippen molar-refractivity contribution in [3.8, 4) is 16.3 Å². The maximum atomic E-state index is 12.2. The zero-order valence-corrected chi connectivity index (χ0v) is 20.6. The van der Waals surface area contributed by atoms with Crippen LogP contribution in [0.2, 0.25) is 5.02 Å². The Labute approximate surface area is 207 Å². The number of imidazole rings is 1. The van der Waals surface area contributed by atoms with Gasteiger partial charge in [0.25, 0.3) is 5.91 Å². The molecule has 1 unspecified atom stereocenters. The number of nitrogens with zero attached hydrogens (tertiary/aromatic N) is 4. The van der Waals surface area contributed by atoms with Gasteiger partial charge in [0.2, 0.25) is 0 Å². The minimum absolute atomic E-state index is 0.347. The molecule has 176 valence electrons. The Morgan fingerprint density at radius 3 is 2.68 bits per heavy atom. The number of benzene rings is 1. The fourth-order valence-corrected chi connectivity index (χ4v) is 5.46. The fourth-order valence-electron chi connectivity index (χ4n) is 4.22. The molecule has 0 radical (unpaired) electrons. The second kappa shape index (κ2) is 9.29. The largest absolute Gasteiger partial charge is 0.484 e. The summed E-state index contributed by atoms with van der Waals surface area (Å²) in [6, 6.07) is 13.5. The Bertz CT molecular complexity index is 1340. The van der Waals surface area contributed by atoms with Crippen LogP contribution in [0.5, 0.6) is 5.75 Å². The minimum Gasteiger partial charge on any atom is -0.484 e. The van der Waals surface area contributed by atoms with Crippen molar-refractivity contribution >= 4 is 40.2 Å². The third-order valence-corrected chi connectivity index (χ3v) is 7.68. The molecule has 1 amide bonds. The Morgan fingerprint density at radius 1 is 1.18 bits per heavy atom. The zero-order chi connectivity index (χ0) is 23.8. The average Bonchev–Trinajstić information content (AvgIpc) is 3.43. The SMILES string of the molecule is CC(Oc1cc(-c2cnc3ccc(N4CCN(C)CC4)cn23)sc1C(N)=O)c1ccccc1Cl. The molecule has 4 aromatic rings. The summed E-state index contributed by atoms with van der Waals surface area (Å²) in [5.74, 6) is -0.0744. The molecule has 0 aliphatic carbocycles. The molecule has 1 atom stereocenters. The number of carbonyl (C=O) groups excluding carboxylic acids is 1. The lowest BCUT2D eigenvalue weighted by atomic mass is 10.1. The van der Waals surface area contributed by atoms with Gasteiger partial charge in [0, 0.05) is 49.0 Å². The van der Waals surface area contributed by atoms with Crippen molar-refractivity contribution in [1.29, 1.82) is 0 Å². The number of hydrogen-bond donors (Lipinski definition) is 1. The lowest BCUT2D eigenvalue weighted by molar-refractivity contribution is 0.0998. The number of ether oxygens (including phenoxy) is 1. The standard InChI is InChI=1S/C25H26ClN5O2S/c1-16(18-5-3-4-6-19(18)26)33-21-13-22(34-24(21)25(27)32)20-14-28-23-8-7-17(15-31(20)23)30-11-9-29(2)10-12-30/h3-8,13-16H,9-12H2,1-2H3,(H2,27,32). The van der Waals surface area contributed by atoms with Crippen molar-refractivity contribution in [1.82, 2.24) is 14.3 Å². The maximum Gasteiger partial charge on any atom is 0.262 e. The van der Waals surface area contributed by atoms with Crippen LogP contribution in [-0.4, -0.2) is 53.4 Å². The van der Waals surface area contributed by atoms with E-state index in [2.05, 4.69) is 38.5 Å². The van der Waals surface area contributed by atoms with Crippen LogP contribution in [0, 0.1) is 0 Å². The number of anilines is 1. The molecule has 2 N–H and O–H groups in total. The fraction of sp³-hybridized carbons (Fsp3) is 0.280. The zero-order valence-electron chi connectivity index (χ0n) is 19.1. The molecule has 7 nitrogen and oxygen atoms in total. The van der Waals surface area contributed by atoms with Crippen molar-refractivity contribution in [2.75, 3.05) is 38.1 Å². The Kier molecular flexibility index (Phi) is 6.20. The van der Waals surface area contributed by atoms with Crippen LogP contribution >= 0.6 is 22.9 Å². The third-order valence-electron chi connectivity index (χ3n) is 6.18. The average molecular weight is 496 g/mol. The van der Waals surface area contributed by atoms with E-state index in [4.69, 9.17) is 22.1 Å². The number of primary amides is 1. The first-order valence-electron chi connectivity index (χ1n) is 11.2. The highest BCUT2D eigenvalue weighted by Gasteiger charge is 2.22. The summed E-state index contributed by atoms with van der Waals surface area (Å²) in [7, 11) is 2.15. The third kappa shape index (κ3) is 4.36. The molecule has 9 heteroatoms. The number of fused-ring (bicyclic) bond motifs is 1. The van der Waals surface area contributed by atoms with Crippen LogP contribution in [-0.2, 0) is 0 Å². The van der Waals surface area contributed by atoms with Gasteiger partial charge in [-0.15, -0.1) is 11.3 Å². The smallest absolute Gasteiger partial charge is 0.262 e. The summed E-state index contributed by atoms with van der Waals surface area (Å²) < 4.78 is 8.24. The molecule has 1 fully saturated rings. The minimum atomic E-state index is -0.524. The number of thiophene rings is 1. The van der Waals surface area contributed by atoms with E-state index in [0.717, 1.165) is 53.6 Å². The summed E-state index contributed by atoms with van der Waals surface area (Å²) in [5, 5.41) is 0.615. The van der Waals surface area contributed by atoms with Gasteiger partial charge in [0.05, 0.1) is 22.5 Å². The number of nitrogens with two attached hydrogens (primary N) is 1. The lowest BCUT2D eigenvalue weighted by Gasteiger charge is -2.34. The molecule has 0 saturated carbocycles. The molecule has 0 bridgehead atoms. The quantitative estimate of drug-likeness (QED) is 0.419. The van der Waals surface area contributed by atoms with Gasteiger partial charge in [-0.3, -0.25) is 9.20 Å². The van der Waals surface area contributed by atoms with Gasteiger partial charge in [-0.1, -0.05) is 29.8 Å². The maximum absolute atomic E-state index is 12.2. The second-order valence-corrected chi connectivity index (χ2v) is 9.96. The Hall–Kier alpha value is -3.07. The molecule has 1 aliphatic heterocycles. The first kappa shape index (κ1) is 22.7. The summed E-state index contributed by atoms with van der Waals surface area (Å²) in [6.07, 6.45) is 3.58. The van der Waals surface area contributed by atoms with Crippen LogP contribution in [0.15, 0.2) is 54.9 Å². The number of rotatable bonds is 6. The van der Waals surface area contributed by atoms with Gasteiger partial charge < -0.3 is 20.3 Å². The molecule has 34 heavy (non-hydrogen) atoms.